The van der Waals surface area contributed by atoms with Gasteiger partial charge in [0.05, 0.1) is 0 Å². The highest BCUT2D eigenvalue weighted by molar-refractivity contribution is 7.98. The molecule has 0 saturated carbocycles. The third kappa shape index (κ3) is 7.78. The van der Waals surface area contributed by atoms with Crippen molar-refractivity contribution in [3.8, 4) is 5.75 Å². The molecule has 1 rings (SSSR count). The number of esters is 1. The lowest BCUT2D eigenvalue weighted by molar-refractivity contribution is -0.143. The second kappa shape index (κ2) is 8.67. The maximum atomic E-state index is 12.1. The molecule has 0 aromatic heterocycles. The molecule has 1 atom stereocenters. The van der Waals surface area contributed by atoms with Crippen LogP contribution in [0.25, 0.3) is 0 Å². The number of carbonyl (C=O) groups excluding carboxylic acids is 2. The Bertz CT molecular complexity index is 524. The lowest BCUT2D eigenvalue weighted by Crippen LogP contribution is -2.45. The molecular formula is C16H23NO5S. The van der Waals surface area contributed by atoms with Crippen LogP contribution in [0.2, 0.25) is 0 Å². The molecule has 0 aliphatic rings. The number of hydrogen-bond acceptors (Lipinski definition) is 6. The normalized spacial score (nSPS) is 12.3. The van der Waals surface area contributed by atoms with E-state index in [9.17, 15) is 14.7 Å². The molecule has 0 fully saturated rings. The molecule has 0 aliphatic heterocycles. The molecule has 0 saturated heterocycles. The van der Waals surface area contributed by atoms with Crippen LogP contribution in [0.15, 0.2) is 24.3 Å². The van der Waals surface area contributed by atoms with Crippen LogP contribution in [0.5, 0.6) is 5.75 Å². The van der Waals surface area contributed by atoms with Gasteiger partial charge in [-0.25, -0.2) is 9.59 Å². The molecule has 128 valence electrons. The summed E-state index contributed by atoms with van der Waals surface area (Å²) < 4.78 is 10.3. The van der Waals surface area contributed by atoms with E-state index >= 15 is 0 Å². The van der Waals surface area contributed by atoms with Crippen molar-refractivity contribution >= 4 is 23.8 Å². The molecule has 0 bridgehead atoms. The summed E-state index contributed by atoms with van der Waals surface area (Å²) in [6, 6.07) is 5.55. The molecule has 7 heteroatoms. The first-order valence-corrected chi connectivity index (χ1v) is 8.53. The van der Waals surface area contributed by atoms with Gasteiger partial charge in [0.15, 0.2) is 0 Å². The highest BCUT2D eigenvalue weighted by atomic mass is 32.2. The van der Waals surface area contributed by atoms with E-state index in [1.54, 1.807) is 32.9 Å². The van der Waals surface area contributed by atoms with Gasteiger partial charge >= 0.3 is 12.1 Å². The van der Waals surface area contributed by atoms with Crippen LogP contribution in [0, 0.1) is 0 Å². The minimum Gasteiger partial charge on any atom is -0.508 e. The number of aromatic hydroxyl groups is 1. The van der Waals surface area contributed by atoms with Gasteiger partial charge in [-0.2, -0.15) is 0 Å². The Hall–Kier alpha value is -1.89. The smallest absolute Gasteiger partial charge is 0.408 e. The molecule has 6 nitrogen and oxygen atoms in total. The van der Waals surface area contributed by atoms with Gasteiger partial charge in [0, 0.05) is 6.42 Å². The molecule has 1 amide bonds. The number of hydrogen-bond donors (Lipinski definition) is 2. The van der Waals surface area contributed by atoms with Gasteiger partial charge in [-0.15, -0.1) is 11.8 Å². The lowest BCUT2D eigenvalue weighted by atomic mass is 10.1. The van der Waals surface area contributed by atoms with Crippen molar-refractivity contribution in [2.75, 3.05) is 12.2 Å². The van der Waals surface area contributed by atoms with E-state index in [4.69, 9.17) is 9.47 Å². The predicted octanol–water partition coefficient (Wildman–Crippen LogP) is 2.69. The summed E-state index contributed by atoms with van der Waals surface area (Å²) in [4.78, 5) is 24.0. The fourth-order valence-corrected chi connectivity index (χ4v) is 1.96. The number of thioether (sulfide) groups is 1. The Labute approximate surface area is 140 Å². The van der Waals surface area contributed by atoms with Gasteiger partial charge in [-0.05, 0) is 44.7 Å². The van der Waals surface area contributed by atoms with Crippen LogP contribution < -0.4 is 5.32 Å². The van der Waals surface area contributed by atoms with E-state index < -0.39 is 23.7 Å². The highest BCUT2D eigenvalue weighted by Crippen LogP contribution is 2.13. The predicted molar refractivity (Wildman–Crippen MR) is 89.4 cm³/mol. The second-order valence-electron chi connectivity index (χ2n) is 5.94. The number of amides is 1. The topological polar surface area (TPSA) is 84.9 Å². The fourth-order valence-electron chi connectivity index (χ4n) is 1.73. The van der Waals surface area contributed by atoms with Gasteiger partial charge in [-0.1, -0.05) is 12.1 Å². The van der Waals surface area contributed by atoms with E-state index in [-0.39, 0.29) is 18.1 Å². The summed E-state index contributed by atoms with van der Waals surface area (Å²) in [5.41, 5.74) is 0.126. The van der Waals surface area contributed by atoms with Crippen molar-refractivity contribution in [1.29, 1.82) is 0 Å². The first kappa shape index (κ1) is 19.2. The first-order chi connectivity index (χ1) is 10.7. The minimum absolute atomic E-state index is 0.135. The van der Waals surface area contributed by atoms with Crippen LogP contribution in [0.1, 0.15) is 26.3 Å². The molecule has 23 heavy (non-hydrogen) atoms. The molecule has 0 unspecified atom stereocenters. The molecular weight excluding hydrogens is 318 g/mol. The Morgan fingerprint density at radius 3 is 2.39 bits per heavy atom. The molecule has 1 aromatic carbocycles. The maximum Gasteiger partial charge on any atom is 0.408 e. The van der Waals surface area contributed by atoms with E-state index in [0.717, 1.165) is 5.56 Å². The SMILES string of the molecule is CSCOC(=O)[C@H](Cc1ccc(O)cc1)NC(=O)OC(C)(C)C. The van der Waals surface area contributed by atoms with E-state index in [0.29, 0.717) is 0 Å². The van der Waals surface area contributed by atoms with Gasteiger partial charge in [0.25, 0.3) is 0 Å². The molecule has 0 radical (unpaired) electrons. The third-order valence-corrected chi connectivity index (χ3v) is 3.02. The van der Waals surface area contributed by atoms with E-state index in [1.165, 1.54) is 23.9 Å². The molecule has 0 heterocycles. The monoisotopic (exact) mass is 341 g/mol. The fraction of sp³-hybridized carbons (Fsp3) is 0.500. The maximum absolute atomic E-state index is 12.1. The van der Waals surface area contributed by atoms with E-state index in [2.05, 4.69) is 5.32 Å². The van der Waals surface area contributed by atoms with Crippen molar-refractivity contribution in [2.45, 2.75) is 38.8 Å². The molecule has 0 spiro atoms. The molecule has 2 N–H and O–H groups in total. The Balaban J connectivity index is 2.77. The largest absolute Gasteiger partial charge is 0.508 e. The number of benzene rings is 1. The number of nitrogens with one attached hydrogen (secondary N) is 1. The number of phenols is 1. The molecule has 0 aliphatic carbocycles. The van der Waals surface area contributed by atoms with Crippen LogP contribution in [0.4, 0.5) is 4.79 Å². The first-order valence-electron chi connectivity index (χ1n) is 7.14. The zero-order chi connectivity index (χ0) is 17.5. The Morgan fingerprint density at radius 1 is 1.26 bits per heavy atom. The van der Waals surface area contributed by atoms with Crippen LogP contribution in [-0.4, -0.2) is 41.0 Å². The Kier molecular flexibility index (Phi) is 7.22. The van der Waals surface area contributed by atoms with Crippen LogP contribution >= 0.6 is 11.8 Å². The average Bonchev–Trinajstić information content (AvgIpc) is 2.44. The van der Waals surface area contributed by atoms with Gasteiger partial charge in [-0.3, -0.25) is 0 Å². The number of ether oxygens (including phenoxy) is 2. The number of carbonyl (C=O) groups is 2. The average molecular weight is 341 g/mol. The number of rotatable bonds is 6. The number of phenolic OH excluding ortho intramolecular Hbond substituents is 1. The highest BCUT2D eigenvalue weighted by Gasteiger charge is 2.25. The number of alkyl carbamates (subject to hydrolysis) is 1. The van der Waals surface area contributed by atoms with E-state index in [1.807, 2.05) is 6.26 Å². The standard InChI is InChI=1S/C16H23NO5S/c1-16(2,3)22-15(20)17-13(14(19)21-10-23-4)9-11-5-7-12(18)8-6-11/h5-8,13,18H,9-10H2,1-4H3,(H,17,20)/t13-/m0/s1. The minimum atomic E-state index is -0.860. The van der Waals surface area contributed by atoms with Crippen LogP contribution in [0.3, 0.4) is 0 Å². The van der Waals surface area contributed by atoms with Crippen molar-refractivity contribution < 1.29 is 24.2 Å². The summed E-state index contributed by atoms with van der Waals surface area (Å²) in [6.45, 7) is 5.23. The van der Waals surface area contributed by atoms with Crippen LogP contribution in [-0.2, 0) is 20.7 Å². The summed E-state index contributed by atoms with van der Waals surface area (Å²) in [5.74, 6) is -0.186. The quantitative estimate of drug-likeness (QED) is 0.611. The zero-order valence-corrected chi connectivity index (χ0v) is 14.6. The summed E-state index contributed by atoms with van der Waals surface area (Å²) in [5, 5.41) is 11.8. The van der Waals surface area contributed by atoms with Crippen molar-refractivity contribution in [1.82, 2.24) is 5.32 Å². The summed E-state index contributed by atoms with van der Waals surface area (Å²) in [7, 11) is 0. The lowest BCUT2D eigenvalue weighted by Gasteiger charge is -2.23. The van der Waals surface area contributed by atoms with Gasteiger partial charge in [0.1, 0.15) is 23.3 Å². The Morgan fingerprint density at radius 2 is 1.87 bits per heavy atom. The summed E-state index contributed by atoms with van der Waals surface area (Å²) in [6.07, 6.45) is 1.37. The van der Waals surface area contributed by atoms with Crippen molar-refractivity contribution in [3.05, 3.63) is 29.8 Å². The van der Waals surface area contributed by atoms with Gasteiger partial charge < -0.3 is 19.9 Å². The summed E-state index contributed by atoms with van der Waals surface area (Å²) >= 11 is 1.36. The zero-order valence-electron chi connectivity index (χ0n) is 13.8. The second-order valence-corrected chi connectivity index (χ2v) is 6.75. The van der Waals surface area contributed by atoms with Crippen molar-refractivity contribution in [3.63, 3.8) is 0 Å². The third-order valence-electron chi connectivity index (χ3n) is 2.67. The molecule has 1 aromatic rings. The van der Waals surface area contributed by atoms with Gasteiger partial charge in [0.2, 0.25) is 0 Å². The van der Waals surface area contributed by atoms with Crippen molar-refractivity contribution in [2.24, 2.45) is 0 Å².